The van der Waals surface area contributed by atoms with Gasteiger partial charge in [0.1, 0.15) is 0 Å². The number of alkyl halides is 2. The van der Waals surface area contributed by atoms with Gasteiger partial charge in [0.15, 0.2) is 0 Å². The van der Waals surface area contributed by atoms with E-state index in [1.54, 1.807) is 12.1 Å². The fraction of sp³-hybridized carbons (Fsp3) is 0.538. The summed E-state index contributed by atoms with van der Waals surface area (Å²) < 4.78 is 27.7. The van der Waals surface area contributed by atoms with Crippen LogP contribution in [0.15, 0.2) is 24.3 Å². The fourth-order valence-electron chi connectivity index (χ4n) is 1.54. The van der Waals surface area contributed by atoms with Crippen molar-refractivity contribution in [1.29, 1.82) is 0 Å². The summed E-state index contributed by atoms with van der Waals surface area (Å²) in [6, 6.07) is 6.44. The van der Waals surface area contributed by atoms with E-state index in [0.717, 1.165) is 18.4 Å². The summed E-state index contributed by atoms with van der Waals surface area (Å²) in [5.74, 6) is -3.00. The summed E-state index contributed by atoms with van der Waals surface area (Å²) >= 11 is 0. The molecule has 1 rings (SSSR count). The van der Waals surface area contributed by atoms with Crippen LogP contribution >= 0.6 is 0 Å². The molecule has 1 nitrogen and oxygen atoms in total. The summed E-state index contributed by atoms with van der Waals surface area (Å²) in [5.41, 5.74) is 5.02. The second-order valence-electron chi connectivity index (χ2n) is 4.74. The lowest BCUT2D eigenvalue weighted by Gasteiger charge is -2.30. The quantitative estimate of drug-likeness (QED) is 0.837. The number of rotatable bonds is 4. The van der Waals surface area contributed by atoms with Gasteiger partial charge in [0, 0.05) is 5.56 Å². The number of hydrogen-bond acceptors (Lipinski definition) is 1. The van der Waals surface area contributed by atoms with E-state index >= 15 is 0 Å². The second-order valence-corrected chi connectivity index (χ2v) is 4.74. The third kappa shape index (κ3) is 2.59. The summed E-state index contributed by atoms with van der Waals surface area (Å²) in [7, 11) is 0. The lowest BCUT2D eigenvalue weighted by atomic mass is 9.90. The highest BCUT2D eigenvalue weighted by atomic mass is 19.3. The minimum atomic E-state index is -3.00. The normalized spacial score (nSPS) is 12.9. The average Bonchev–Trinajstić information content (AvgIpc) is 2.17. The predicted octanol–water partition coefficient (Wildman–Crippen LogP) is 3.47. The molecule has 0 spiro atoms. The highest BCUT2D eigenvalue weighted by molar-refractivity contribution is 5.28. The van der Waals surface area contributed by atoms with Gasteiger partial charge < -0.3 is 5.73 Å². The Kier molecular flexibility index (Phi) is 3.68. The van der Waals surface area contributed by atoms with Crippen LogP contribution in [-0.4, -0.2) is 5.54 Å². The maximum absolute atomic E-state index is 13.9. The Labute approximate surface area is 95.7 Å². The molecule has 0 aliphatic rings. The van der Waals surface area contributed by atoms with Gasteiger partial charge in [0.2, 0.25) is 0 Å². The molecule has 1 aromatic rings. The summed E-state index contributed by atoms with van der Waals surface area (Å²) in [6.45, 7) is 4.74. The Hall–Kier alpha value is -0.960. The average molecular weight is 227 g/mol. The van der Waals surface area contributed by atoms with Crippen molar-refractivity contribution in [2.45, 2.75) is 45.1 Å². The first kappa shape index (κ1) is 13.1. The smallest absolute Gasteiger partial charge is 0.290 e. The van der Waals surface area contributed by atoms with Crippen LogP contribution in [0.3, 0.4) is 0 Å². The van der Waals surface area contributed by atoms with E-state index in [2.05, 4.69) is 6.92 Å². The van der Waals surface area contributed by atoms with Gasteiger partial charge in [-0.2, -0.15) is 8.78 Å². The van der Waals surface area contributed by atoms with E-state index in [1.807, 2.05) is 0 Å². The van der Waals surface area contributed by atoms with Crippen LogP contribution in [0.5, 0.6) is 0 Å². The fourth-order valence-corrected chi connectivity index (χ4v) is 1.54. The lowest BCUT2D eigenvalue weighted by Crippen LogP contribution is -2.48. The van der Waals surface area contributed by atoms with E-state index in [9.17, 15) is 8.78 Å². The van der Waals surface area contributed by atoms with E-state index in [4.69, 9.17) is 5.73 Å². The summed E-state index contributed by atoms with van der Waals surface area (Å²) in [5, 5.41) is 0. The largest absolute Gasteiger partial charge is 0.320 e. The molecule has 90 valence electrons. The van der Waals surface area contributed by atoms with Gasteiger partial charge >= 0.3 is 0 Å². The maximum atomic E-state index is 13.9. The molecule has 0 aliphatic heterocycles. The van der Waals surface area contributed by atoms with Crippen LogP contribution in [0.2, 0.25) is 0 Å². The molecular weight excluding hydrogens is 208 g/mol. The van der Waals surface area contributed by atoms with Gasteiger partial charge in [-0.05, 0) is 25.8 Å². The Bertz CT molecular complexity index is 336. The number of benzene rings is 1. The van der Waals surface area contributed by atoms with Crippen LogP contribution in [0.1, 0.15) is 38.3 Å². The zero-order valence-electron chi connectivity index (χ0n) is 10.1. The number of nitrogens with two attached hydrogens (primary N) is 1. The predicted molar refractivity (Wildman–Crippen MR) is 62.6 cm³/mol. The number of aryl methyl sites for hydroxylation is 1. The molecule has 1 aromatic carbocycles. The van der Waals surface area contributed by atoms with Crippen LogP contribution in [0, 0.1) is 0 Å². The van der Waals surface area contributed by atoms with E-state index in [-0.39, 0.29) is 5.56 Å². The molecule has 0 radical (unpaired) electrons. The Morgan fingerprint density at radius 3 is 2.00 bits per heavy atom. The third-order valence-electron chi connectivity index (χ3n) is 2.66. The SMILES string of the molecule is CCCc1ccc(C(F)(F)C(C)(C)N)cc1. The van der Waals surface area contributed by atoms with Crippen molar-refractivity contribution in [3.05, 3.63) is 35.4 Å². The van der Waals surface area contributed by atoms with Gasteiger partial charge in [-0.3, -0.25) is 0 Å². The van der Waals surface area contributed by atoms with Crippen LogP contribution in [0.4, 0.5) is 8.78 Å². The van der Waals surface area contributed by atoms with Gasteiger partial charge in [-0.15, -0.1) is 0 Å². The van der Waals surface area contributed by atoms with Crippen molar-refractivity contribution in [1.82, 2.24) is 0 Å². The maximum Gasteiger partial charge on any atom is 0.290 e. The molecule has 0 unspecified atom stereocenters. The van der Waals surface area contributed by atoms with Gasteiger partial charge in [-0.25, -0.2) is 0 Å². The second kappa shape index (κ2) is 4.50. The topological polar surface area (TPSA) is 26.0 Å². The zero-order valence-corrected chi connectivity index (χ0v) is 10.1. The first-order valence-corrected chi connectivity index (χ1v) is 5.55. The zero-order chi connectivity index (χ0) is 12.4. The molecule has 0 bridgehead atoms. The molecule has 0 aromatic heterocycles. The molecule has 2 N–H and O–H groups in total. The Morgan fingerprint density at radius 1 is 1.12 bits per heavy atom. The van der Waals surface area contributed by atoms with Crippen LogP contribution < -0.4 is 5.73 Å². The number of hydrogen-bond donors (Lipinski definition) is 1. The van der Waals surface area contributed by atoms with Crippen molar-refractivity contribution >= 4 is 0 Å². The molecule has 0 aliphatic carbocycles. The van der Waals surface area contributed by atoms with Crippen molar-refractivity contribution < 1.29 is 8.78 Å². The Morgan fingerprint density at radius 2 is 1.62 bits per heavy atom. The van der Waals surface area contributed by atoms with Gasteiger partial charge in [0.25, 0.3) is 5.92 Å². The van der Waals surface area contributed by atoms with E-state index in [0.29, 0.717) is 0 Å². The molecule has 16 heavy (non-hydrogen) atoms. The van der Waals surface area contributed by atoms with Gasteiger partial charge in [0.05, 0.1) is 5.54 Å². The van der Waals surface area contributed by atoms with Crippen LogP contribution in [-0.2, 0) is 12.3 Å². The molecule has 0 heterocycles. The Balaban J connectivity index is 2.97. The monoisotopic (exact) mass is 227 g/mol. The van der Waals surface area contributed by atoms with E-state index in [1.165, 1.54) is 26.0 Å². The lowest BCUT2D eigenvalue weighted by molar-refractivity contribution is -0.0672. The molecule has 0 fully saturated rings. The highest BCUT2D eigenvalue weighted by Gasteiger charge is 2.45. The first-order valence-electron chi connectivity index (χ1n) is 5.55. The first-order chi connectivity index (χ1) is 7.29. The molecular formula is C13H19F2N. The summed E-state index contributed by atoms with van der Waals surface area (Å²) in [6.07, 6.45) is 1.93. The van der Waals surface area contributed by atoms with Crippen molar-refractivity contribution in [3.8, 4) is 0 Å². The highest BCUT2D eigenvalue weighted by Crippen LogP contribution is 2.37. The molecule has 0 saturated carbocycles. The molecule has 0 amide bonds. The number of halogens is 2. The standard InChI is InChI=1S/C13H19F2N/c1-4-5-10-6-8-11(9-7-10)13(14,15)12(2,3)16/h6-9H,4-5,16H2,1-3H3. The molecule has 0 saturated heterocycles. The summed E-state index contributed by atoms with van der Waals surface area (Å²) in [4.78, 5) is 0. The third-order valence-corrected chi connectivity index (χ3v) is 2.66. The minimum Gasteiger partial charge on any atom is -0.320 e. The van der Waals surface area contributed by atoms with Gasteiger partial charge in [-0.1, -0.05) is 37.6 Å². The van der Waals surface area contributed by atoms with Crippen molar-refractivity contribution in [3.63, 3.8) is 0 Å². The minimum absolute atomic E-state index is 0.0140. The van der Waals surface area contributed by atoms with Crippen LogP contribution in [0.25, 0.3) is 0 Å². The van der Waals surface area contributed by atoms with E-state index < -0.39 is 11.5 Å². The van der Waals surface area contributed by atoms with Crippen molar-refractivity contribution in [2.75, 3.05) is 0 Å². The van der Waals surface area contributed by atoms with Crippen molar-refractivity contribution in [2.24, 2.45) is 5.73 Å². The molecule has 3 heteroatoms. The molecule has 0 atom stereocenters.